The minimum absolute atomic E-state index is 0.194. The molecule has 3 atom stereocenters. The van der Waals surface area contributed by atoms with Crippen LogP contribution in [0.25, 0.3) is 0 Å². The van der Waals surface area contributed by atoms with Crippen LogP contribution >= 0.6 is 0 Å². The van der Waals surface area contributed by atoms with E-state index in [1.807, 2.05) is 6.07 Å². The maximum absolute atomic E-state index is 13.2. The number of halogens is 1. The zero-order chi connectivity index (χ0) is 10.5. The average Bonchev–Trinajstić information content (AvgIpc) is 2.78. The van der Waals surface area contributed by atoms with Gasteiger partial charge in [0.1, 0.15) is 5.82 Å². The van der Waals surface area contributed by atoms with Crippen molar-refractivity contribution in [2.24, 2.45) is 5.73 Å². The molecule has 2 nitrogen and oxygen atoms in total. The highest BCUT2D eigenvalue weighted by Gasteiger charge is 2.49. The van der Waals surface area contributed by atoms with Crippen molar-refractivity contribution in [2.45, 2.75) is 36.9 Å². The molecule has 80 valence electrons. The van der Waals surface area contributed by atoms with Crippen LogP contribution in [0, 0.1) is 5.82 Å². The molecule has 2 aliphatic rings. The summed E-state index contributed by atoms with van der Waals surface area (Å²) in [5.74, 6) is -0.194. The van der Waals surface area contributed by atoms with Crippen molar-refractivity contribution in [2.75, 3.05) is 0 Å². The fourth-order valence-electron chi connectivity index (χ4n) is 3.03. The Kier molecular flexibility index (Phi) is 1.88. The van der Waals surface area contributed by atoms with E-state index in [4.69, 9.17) is 5.73 Å². The summed E-state index contributed by atoms with van der Waals surface area (Å²) in [4.78, 5) is 0. The summed E-state index contributed by atoms with van der Waals surface area (Å²) < 4.78 is 13.2. The number of benzene rings is 1. The minimum atomic E-state index is -0.356. The van der Waals surface area contributed by atoms with E-state index in [2.05, 4.69) is 5.32 Å². The zero-order valence-corrected chi connectivity index (χ0v) is 8.54. The summed E-state index contributed by atoms with van der Waals surface area (Å²) in [5.41, 5.74) is 6.98. The van der Waals surface area contributed by atoms with E-state index in [1.165, 1.54) is 12.5 Å². The van der Waals surface area contributed by atoms with Crippen LogP contribution in [0.15, 0.2) is 24.3 Å². The maximum atomic E-state index is 13.2. The van der Waals surface area contributed by atoms with Crippen LogP contribution < -0.4 is 11.1 Å². The highest BCUT2D eigenvalue weighted by molar-refractivity contribution is 5.31. The van der Waals surface area contributed by atoms with Crippen molar-refractivity contribution < 1.29 is 4.39 Å². The fraction of sp³-hybridized carbons (Fsp3) is 0.500. The van der Waals surface area contributed by atoms with Gasteiger partial charge in [-0.2, -0.15) is 0 Å². The van der Waals surface area contributed by atoms with Crippen LogP contribution in [-0.4, -0.2) is 12.1 Å². The lowest BCUT2D eigenvalue weighted by Gasteiger charge is -2.33. The second-order valence-electron chi connectivity index (χ2n) is 4.75. The van der Waals surface area contributed by atoms with Gasteiger partial charge in [-0.1, -0.05) is 12.1 Å². The second kappa shape index (κ2) is 3.03. The molecule has 0 aromatic heterocycles. The molecule has 3 unspecified atom stereocenters. The standard InChI is InChI=1S/C12H15FN2/c13-9-3-1-2-8(6-9)12(14)7-10-4-5-11(12)15-10/h1-3,6,10-11,15H,4-5,7,14H2. The van der Waals surface area contributed by atoms with E-state index in [-0.39, 0.29) is 11.4 Å². The molecular weight excluding hydrogens is 191 g/mol. The summed E-state index contributed by atoms with van der Waals surface area (Å²) in [5, 5.41) is 3.49. The van der Waals surface area contributed by atoms with Gasteiger partial charge < -0.3 is 11.1 Å². The monoisotopic (exact) mass is 206 g/mol. The summed E-state index contributed by atoms with van der Waals surface area (Å²) in [7, 11) is 0. The van der Waals surface area contributed by atoms with Gasteiger partial charge in [0.25, 0.3) is 0 Å². The number of fused-ring (bicyclic) bond motifs is 2. The van der Waals surface area contributed by atoms with Crippen LogP contribution in [0.2, 0.25) is 0 Å². The lowest BCUT2D eigenvalue weighted by atomic mass is 9.77. The van der Waals surface area contributed by atoms with Gasteiger partial charge in [0, 0.05) is 12.1 Å². The molecule has 15 heavy (non-hydrogen) atoms. The topological polar surface area (TPSA) is 38.0 Å². The van der Waals surface area contributed by atoms with Crippen molar-refractivity contribution in [3.8, 4) is 0 Å². The molecule has 0 aliphatic carbocycles. The Morgan fingerprint density at radius 2 is 2.27 bits per heavy atom. The summed E-state index contributed by atoms with van der Waals surface area (Å²) in [6, 6.07) is 7.57. The molecular formula is C12H15FN2. The van der Waals surface area contributed by atoms with E-state index in [1.54, 1.807) is 12.1 Å². The van der Waals surface area contributed by atoms with Gasteiger partial charge in [0.15, 0.2) is 0 Å². The molecule has 1 aromatic carbocycles. The normalized spacial score (nSPS) is 38.5. The lowest BCUT2D eigenvalue weighted by Crippen LogP contribution is -2.47. The van der Waals surface area contributed by atoms with Gasteiger partial charge in [-0.05, 0) is 37.0 Å². The molecule has 2 heterocycles. The SMILES string of the molecule is NC1(c2cccc(F)c2)CC2CCC1N2. The van der Waals surface area contributed by atoms with E-state index in [0.717, 1.165) is 18.4 Å². The molecule has 0 spiro atoms. The molecule has 0 radical (unpaired) electrons. The number of hydrogen-bond donors (Lipinski definition) is 2. The first-order valence-electron chi connectivity index (χ1n) is 5.49. The van der Waals surface area contributed by atoms with E-state index in [9.17, 15) is 4.39 Å². The number of nitrogens with two attached hydrogens (primary N) is 1. The Hall–Kier alpha value is -0.930. The predicted octanol–water partition coefficient (Wildman–Crippen LogP) is 1.50. The van der Waals surface area contributed by atoms with Gasteiger partial charge >= 0.3 is 0 Å². The fourth-order valence-corrected chi connectivity index (χ4v) is 3.03. The van der Waals surface area contributed by atoms with E-state index in [0.29, 0.717) is 12.1 Å². The summed E-state index contributed by atoms with van der Waals surface area (Å²) in [6.07, 6.45) is 3.25. The molecule has 3 rings (SSSR count). The first kappa shape index (κ1) is 9.31. The number of nitrogens with one attached hydrogen (secondary N) is 1. The predicted molar refractivity (Wildman–Crippen MR) is 56.8 cm³/mol. The maximum Gasteiger partial charge on any atom is 0.123 e. The number of hydrogen-bond acceptors (Lipinski definition) is 2. The Labute approximate surface area is 88.7 Å². The highest BCUT2D eigenvalue weighted by atomic mass is 19.1. The molecule has 3 N–H and O–H groups in total. The first-order valence-corrected chi connectivity index (χ1v) is 5.49. The van der Waals surface area contributed by atoms with Gasteiger partial charge in [-0.25, -0.2) is 4.39 Å². The van der Waals surface area contributed by atoms with Crippen molar-refractivity contribution in [1.82, 2.24) is 5.32 Å². The van der Waals surface area contributed by atoms with Gasteiger partial charge in [-0.15, -0.1) is 0 Å². The smallest absolute Gasteiger partial charge is 0.123 e. The van der Waals surface area contributed by atoms with Gasteiger partial charge in [-0.3, -0.25) is 0 Å². The van der Waals surface area contributed by atoms with E-state index < -0.39 is 0 Å². The quantitative estimate of drug-likeness (QED) is 0.731. The van der Waals surface area contributed by atoms with Crippen LogP contribution in [0.3, 0.4) is 0 Å². The lowest BCUT2D eigenvalue weighted by molar-refractivity contribution is 0.341. The van der Waals surface area contributed by atoms with Gasteiger partial charge in [0.2, 0.25) is 0 Å². The largest absolute Gasteiger partial charge is 0.320 e. The molecule has 1 aromatic rings. The zero-order valence-electron chi connectivity index (χ0n) is 8.54. The molecule has 2 fully saturated rings. The summed E-state index contributed by atoms with van der Waals surface area (Å²) in [6.45, 7) is 0. The summed E-state index contributed by atoms with van der Waals surface area (Å²) >= 11 is 0. The third-order valence-corrected chi connectivity index (χ3v) is 3.81. The highest BCUT2D eigenvalue weighted by Crippen LogP contribution is 2.41. The van der Waals surface area contributed by atoms with Gasteiger partial charge in [0.05, 0.1) is 5.54 Å². The number of rotatable bonds is 1. The van der Waals surface area contributed by atoms with Crippen molar-refractivity contribution in [1.29, 1.82) is 0 Å². The van der Waals surface area contributed by atoms with Crippen LogP contribution in [0.5, 0.6) is 0 Å². The van der Waals surface area contributed by atoms with Crippen LogP contribution in [-0.2, 0) is 5.54 Å². The Bertz CT molecular complexity index is 393. The third kappa shape index (κ3) is 1.30. The van der Waals surface area contributed by atoms with Crippen molar-refractivity contribution >= 4 is 0 Å². The molecule has 0 saturated carbocycles. The Morgan fingerprint density at radius 3 is 2.87 bits per heavy atom. The molecule has 2 aliphatic heterocycles. The van der Waals surface area contributed by atoms with Crippen LogP contribution in [0.1, 0.15) is 24.8 Å². The molecule has 2 bridgehead atoms. The van der Waals surface area contributed by atoms with Crippen molar-refractivity contribution in [3.05, 3.63) is 35.6 Å². The minimum Gasteiger partial charge on any atom is -0.320 e. The third-order valence-electron chi connectivity index (χ3n) is 3.81. The molecule has 0 amide bonds. The average molecular weight is 206 g/mol. The van der Waals surface area contributed by atoms with Crippen molar-refractivity contribution in [3.63, 3.8) is 0 Å². The Morgan fingerprint density at radius 1 is 1.40 bits per heavy atom. The van der Waals surface area contributed by atoms with Crippen LogP contribution in [0.4, 0.5) is 4.39 Å². The molecule has 2 saturated heterocycles. The molecule has 3 heteroatoms. The Balaban J connectivity index is 2.00. The second-order valence-corrected chi connectivity index (χ2v) is 4.75. The first-order chi connectivity index (χ1) is 7.18. The van der Waals surface area contributed by atoms with E-state index >= 15 is 0 Å².